The van der Waals surface area contributed by atoms with Crippen LogP contribution in [0.4, 0.5) is 5.69 Å². The van der Waals surface area contributed by atoms with E-state index in [9.17, 15) is 9.59 Å². The van der Waals surface area contributed by atoms with Gasteiger partial charge in [-0.25, -0.2) is 0 Å². The summed E-state index contributed by atoms with van der Waals surface area (Å²) in [6.07, 6.45) is 3.16. The Labute approximate surface area is 197 Å². The van der Waals surface area contributed by atoms with Gasteiger partial charge in [0.05, 0.1) is 19.1 Å². The topological polar surface area (TPSA) is 64.6 Å². The highest BCUT2D eigenvalue weighted by Crippen LogP contribution is 2.30. The fraction of sp³-hybridized carbons (Fsp3) is 0.286. The lowest BCUT2D eigenvalue weighted by molar-refractivity contribution is -0.131. The minimum absolute atomic E-state index is 0. The van der Waals surface area contributed by atoms with Crippen LogP contribution in [0, 0.1) is 11.8 Å². The number of hydrogen-bond acceptors (Lipinski definition) is 4. The van der Waals surface area contributed by atoms with Crippen molar-refractivity contribution in [1.29, 1.82) is 0 Å². The van der Waals surface area contributed by atoms with Gasteiger partial charge in [-0.2, -0.15) is 0 Å². The van der Waals surface area contributed by atoms with E-state index >= 15 is 0 Å². The molecule has 4 rings (SSSR count). The maximum atomic E-state index is 13.0. The van der Waals surface area contributed by atoms with Crippen LogP contribution in [0.25, 0.3) is 0 Å². The second-order valence-electron chi connectivity index (χ2n) is 8.42. The molecule has 1 aliphatic carbocycles. The summed E-state index contributed by atoms with van der Waals surface area (Å²) in [6.45, 7) is 0.613. The number of para-hydroxylation sites is 1. The SMILES string of the molecule is O=C(CC(COCc1ccccc1)C(=O)Nc1ccc(Oc2ccccc2)cc1)C1CCC1.[HH].[HH]. The number of Topliss-reactive ketones (excluding diaryl/α,β-unsaturated/α-hetero) is 1. The molecule has 5 heteroatoms. The van der Waals surface area contributed by atoms with E-state index in [1.165, 1.54) is 0 Å². The van der Waals surface area contributed by atoms with Crippen LogP contribution in [0.1, 0.15) is 34.1 Å². The zero-order valence-electron chi connectivity index (χ0n) is 18.6. The molecule has 1 amide bonds. The van der Waals surface area contributed by atoms with Gasteiger partial charge in [0.2, 0.25) is 5.91 Å². The summed E-state index contributed by atoms with van der Waals surface area (Å²) in [5.41, 5.74) is 1.69. The van der Waals surface area contributed by atoms with Gasteiger partial charge in [0.15, 0.2) is 0 Å². The number of anilines is 1. The van der Waals surface area contributed by atoms with Crippen molar-refractivity contribution in [2.45, 2.75) is 32.3 Å². The maximum absolute atomic E-state index is 13.0. The second-order valence-corrected chi connectivity index (χ2v) is 8.42. The third-order valence-corrected chi connectivity index (χ3v) is 5.91. The van der Waals surface area contributed by atoms with Crippen molar-refractivity contribution in [3.8, 4) is 11.5 Å². The molecule has 0 radical (unpaired) electrons. The summed E-state index contributed by atoms with van der Waals surface area (Å²) >= 11 is 0. The molecule has 0 bridgehead atoms. The van der Waals surface area contributed by atoms with Gasteiger partial charge in [-0.3, -0.25) is 9.59 Å². The van der Waals surface area contributed by atoms with E-state index in [0.717, 1.165) is 30.6 Å². The van der Waals surface area contributed by atoms with Crippen molar-refractivity contribution in [3.05, 3.63) is 90.5 Å². The smallest absolute Gasteiger partial charge is 0.230 e. The molecule has 1 saturated carbocycles. The molecule has 0 aromatic heterocycles. The fourth-order valence-electron chi connectivity index (χ4n) is 3.74. The van der Waals surface area contributed by atoms with Crippen molar-refractivity contribution in [1.82, 2.24) is 0 Å². The van der Waals surface area contributed by atoms with Crippen LogP contribution >= 0.6 is 0 Å². The molecule has 3 aromatic rings. The average molecular weight is 448 g/mol. The molecule has 1 aliphatic rings. The lowest BCUT2D eigenvalue weighted by Gasteiger charge is -2.26. The number of ether oxygens (including phenoxy) is 2. The first-order valence-corrected chi connectivity index (χ1v) is 11.5. The monoisotopic (exact) mass is 447 g/mol. The Morgan fingerprint density at radius 2 is 1.52 bits per heavy atom. The molecule has 3 aromatic carbocycles. The Morgan fingerprint density at radius 3 is 2.15 bits per heavy atom. The van der Waals surface area contributed by atoms with Gasteiger partial charge in [-0.15, -0.1) is 0 Å². The quantitative estimate of drug-likeness (QED) is 0.364. The van der Waals surface area contributed by atoms with Crippen LogP contribution < -0.4 is 10.1 Å². The average Bonchev–Trinajstić information content (AvgIpc) is 2.80. The highest BCUT2D eigenvalue weighted by Gasteiger charge is 2.30. The number of amides is 1. The van der Waals surface area contributed by atoms with E-state index in [1.54, 1.807) is 12.1 Å². The zero-order chi connectivity index (χ0) is 22.9. The van der Waals surface area contributed by atoms with Crippen molar-refractivity contribution in [2.75, 3.05) is 11.9 Å². The van der Waals surface area contributed by atoms with Crippen LogP contribution in [0.15, 0.2) is 84.9 Å². The molecule has 1 unspecified atom stereocenters. The van der Waals surface area contributed by atoms with Crippen LogP contribution in [0.3, 0.4) is 0 Å². The molecule has 1 atom stereocenters. The minimum atomic E-state index is -0.526. The van der Waals surface area contributed by atoms with Crippen molar-refractivity contribution < 1.29 is 21.9 Å². The molecule has 1 N–H and O–H groups in total. The van der Waals surface area contributed by atoms with E-state index in [-0.39, 0.29) is 33.5 Å². The lowest BCUT2D eigenvalue weighted by atomic mass is 9.79. The summed E-state index contributed by atoms with van der Waals surface area (Å²) < 4.78 is 11.6. The Bertz CT molecular complexity index is 1040. The van der Waals surface area contributed by atoms with Crippen LogP contribution in [-0.2, 0) is 20.9 Å². The van der Waals surface area contributed by atoms with Gasteiger partial charge in [0.25, 0.3) is 0 Å². The Morgan fingerprint density at radius 1 is 0.879 bits per heavy atom. The van der Waals surface area contributed by atoms with Crippen LogP contribution in [0.2, 0.25) is 0 Å². The van der Waals surface area contributed by atoms with Crippen LogP contribution in [0.5, 0.6) is 11.5 Å². The van der Waals surface area contributed by atoms with Crippen molar-refractivity contribution >= 4 is 17.4 Å². The van der Waals surface area contributed by atoms with Crippen molar-refractivity contribution in [2.24, 2.45) is 11.8 Å². The van der Waals surface area contributed by atoms with Crippen molar-refractivity contribution in [3.63, 3.8) is 0 Å². The first kappa shape index (κ1) is 22.7. The van der Waals surface area contributed by atoms with E-state index in [0.29, 0.717) is 18.0 Å². The molecule has 5 nitrogen and oxygen atoms in total. The lowest BCUT2D eigenvalue weighted by Crippen LogP contribution is -2.32. The number of rotatable bonds is 11. The molecule has 0 heterocycles. The number of carbonyl (C=O) groups excluding carboxylic acids is 2. The summed E-state index contributed by atoms with van der Waals surface area (Å²) in [4.78, 5) is 25.6. The van der Waals surface area contributed by atoms with E-state index in [4.69, 9.17) is 9.47 Å². The summed E-state index contributed by atoms with van der Waals surface area (Å²) in [6, 6.07) is 26.6. The third kappa shape index (κ3) is 6.77. The first-order valence-electron chi connectivity index (χ1n) is 11.5. The minimum Gasteiger partial charge on any atom is -0.457 e. The van der Waals surface area contributed by atoms with E-state index in [2.05, 4.69) is 5.32 Å². The van der Waals surface area contributed by atoms with Gasteiger partial charge in [-0.1, -0.05) is 55.0 Å². The van der Waals surface area contributed by atoms with Gasteiger partial charge >= 0.3 is 0 Å². The molecule has 0 saturated heterocycles. The highest BCUT2D eigenvalue weighted by molar-refractivity contribution is 5.96. The molecular formula is C28H33NO4. The molecule has 174 valence electrons. The normalized spacial score (nSPS) is 14.2. The van der Waals surface area contributed by atoms with E-state index in [1.807, 2.05) is 72.8 Å². The Balaban J connectivity index is 0.00000216. The van der Waals surface area contributed by atoms with Crippen LogP contribution in [-0.4, -0.2) is 18.3 Å². The number of hydrogen-bond donors (Lipinski definition) is 1. The van der Waals surface area contributed by atoms with Gasteiger partial charge in [0, 0.05) is 20.9 Å². The number of carbonyl (C=O) groups is 2. The summed E-state index contributed by atoms with van der Waals surface area (Å²) in [5.74, 6) is 0.969. The third-order valence-electron chi connectivity index (χ3n) is 5.91. The summed E-state index contributed by atoms with van der Waals surface area (Å²) in [7, 11) is 0. The Hall–Kier alpha value is -3.44. The van der Waals surface area contributed by atoms with E-state index < -0.39 is 5.92 Å². The molecule has 0 spiro atoms. The largest absolute Gasteiger partial charge is 0.457 e. The van der Waals surface area contributed by atoms with Gasteiger partial charge in [0.1, 0.15) is 17.3 Å². The highest BCUT2D eigenvalue weighted by atomic mass is 16.5. The standard InChI is InChI=1S/C28H29NO4.2H2/c30-27(22-10-7-11-22)18-23(20-32-19-21-8-3-1-4-9-21)28(31)29-24-14-16-26(17-15-24)33-25-12-5-2-6-13-25;;/h1-6,8-9,12-17,22-23H,7,10-11,18-20H2,(H,29,31);2*1H. The maximum Gasteiger partial charge on any atom is 0.230 e. The number of nitrogens with one attached hydrogen (secondary N) is 1. The predicted octanol–water partition coefficient (Wildman–Crippen LogP) is 6.50. The molecule has 1 fully saturated rings. The fourth-order valence-corrected chi connectivity index (χ4v) is 3.74. The zero-order valence-corrected chi connectivity index (χ0v) is 18.6. The predicted molar refractivity (Wildman–Crippen MR) is 132 cm³/mol. The summed E-state index contributed by atoms with van der Waals surface area (Å²) in [5, 5.41) is 2.94. The molecule has 0 aliphatic heterocycles. The first-order chi connectivity index (χ1) is 16.2. The van der Waals surface area contributed by atoms with Gasteiger partial charge < -0.3 is 14.8 Å². The molecule has 33 heavy (non-hydrogen) atoms. The number of ketones is 1. The second kappa shape index (κ2) is 11.4. The van der Waals surface area contributed by atoms with Gasteiger partial charge in [-0.05, 0) is 54.8 Å². The number of benzene rings is 3. The Kier molecular flexibility index (Phi) is 7.88. The molecular weight excluding hydrogens is 414 g/mol.